The van der Waals surface area contributed by atoms with Crippen LogP contribution in [-0.2, 0) is 19.2 Å². The number of aliphatic carboxylic acids is 1. The quantitative estimate of drug-likeness (QED) is 0.137. The second-order valence-electron chi connectivity index (χ2n) is 7.92. The molecule has 1 aromatic carbocycles. The van der Waals surface area contributed by atoms with Crippen LogP contribution < -0.4 is 0 Å². The monoisotopic (exact) mass is 508 g/mol. The molecule has 0 bridgehead atoms. The number of unbranched alkanes of at least 4 members (excludes halogenated alkanes) is 1. The number of phenols is 1. The van der Waals surface area contributed by atoms with Crippen molar-refractivity contribution >= 4 is 58.7 Å². The van der Waals surface area contributed by atoms with Gasteiger partial charge in [0.2, 0.25) is 11.8 Å². The van der Waals surface area contributed by atoms with Crippen LogP contribution in [0.5, 0.6) is 5.75 Å². The predicted molar refractivity (Wildman–Crippen MR) is 130 cm³/mol. The molecule has 1 fully saturated rings. The number of carboxylic acids is 1. The molecule has 1 saturated heterocycles. The predicted octanol–water partition coefficient (Wildman–Crippen LogP) is 4.80. The van der Waals surface area contributed by atoms with Gasteiger partial charge < -0.3 is 10.2 Å². The average Bonchev–Trinajstić information content (AvgIpc) is 3.12. The van der Waals surface area contributed by atoms with E-state index in [1.807, 2.05) is 6.92 Å². The van der Waals surface area contributed by atoms with Gasteiger partial charge in [0.25, 0.3) is 0 Å². The summed E-state index contributed by atoms with van der Waals surface area (Å²) in [5, 5.41) is 19.4. The van der Waals surface area contributed by atoms with Crippen molar-refractivity contribution in [3.05, 3.63) is 46.5 Å². The number of imide groups is 1. The highest BCUT2D eigenvalue weighted by atomic mass is 35.5. The first-order valence-electron chi connectivity index (χ1n) is 10.8. The summed E-state index contributed by atoms with van der Waals surface area (Å²) in [5.41, 5.74) is 2.88. The van der Waals surface area contributed by atoms with Gasteiger partial charge in [-0.2, -0.15) is 0 Å². The Morgan fingerprint density at radius 1 is 1.21 bits per heavy atom. The molecule has 2 N–H and O–H groups in total. The molecule has 8 nitrogen and oxygen atoms in total. The molecule has 34 heavy (non-hydrogen) atoms. The number of nitrogens with zero attached hydrogens (tertiary/aromatic N) is 2. The summed E-state index contributed by atoms with van der Waals surface area (Å²) < 4.78 is 0. The molecule has 1 heterocycles. The molecule has 0 aliphatic carbocycles. The normalized spacial score (nSPS) is 16.9. The molecule has 2 amide bonds. The Balaban J connectivity index is 2.12. The number of likely N-dealkylation sites (tertiary alicyclic amines) is 1. The molecular weight excluding hydrogens is 483 g/mol. The number of carboxylic acid groups (broad SMARTS) is 1. The van der Waals surface area contributed by atoms with Crippen LogP contribution in [0.3, 0.4) is 0 Å². The van der Waals surface area contributed by atoms with Crippen molar-refractivity contribution in [2.75, 3.05) is 0 Å². The van der Waals surface area contributed by atoms with Gasteiger partial charge in [0.15, 0.2) is 6.29 Å². The molecular formula is C24H26Cl2N2O6. The maximum Gasteiger partial charge on any atom is 0.326 e. The number of aromatic hydroxyl groups is 1. The standard InChI is InChI=1S/C24H26Cl2N2O6/c1-15(4-2-3-5-21(24(33)34)28-22(31)8-9-23(28)32)19-13-18(30)6-7-20(19)27-17(10-11-25)12-16(26)14-29/h6-7,10-15,21,30H,2-5,8-9H2,1H3,(H,33,34)/b11-10+,16-12+,27-17?. The number of rotatable bonds is 12. The molecule has 10 heteroatoms. The lowest BCUT2D eigenvalue weighted by molar-refractivity contribution is -0.154. The van der Waals surface area contributed by atoms with Crippen LogP contribution in [0.4, 0.5) is 5.69 Å². The van der Waals surface area contributed by atoms with Gasteiger partial charge in [0.05, 0.1) is 16.4 Å². The second kappa shape index (κ2) is 13.1. The van der Waals surface area contributed by atoms with Crippen molar-refractivity contribution in [3.63, 3.8) is 0 Å². The minimum absolute atomic E-state index is 0.0502. The maximum absolute atomic E-state index is 11.9. The van der Waals surface area contributed by atoms with E-state index in [0.717, 1.165) is 10.5 Å². The van der Waals surface area contributed by atoms with E-state index in [0.29, 0.717) is 36.9 Å². The lowest BCUT2D eigenvalue weighted by Gasteiger charge is -2.22. The third-order valence-corrected chi connectivity index (χ3v) is 5.80. The maximum atomic E-state index is 11.9. The first-order valence-corrected chi connectivity index (χ1v) is 11.6. The van der Waals surface area contributed by atoms with Gasteiger partial charge in [-0.25, -0.2) is 9.79 Å². The first kappa shape index (κ1) is 27.3. The number of carbonyl (C=O) groups excluding carboxylic acids is 3. The zero-order valence-electron chi connectivity index (χ0n) is 18.6. The van der Waals surface area contributed by atoms with Gasteiger partial charge >= 0.3 is 5.97 Å². The summed E-state index contributed by atoms with van der Waals surface area (Å²) >= 11 is 11.5. The zero-order valence-corrected chi connectivity index (χ0v) is 20.1. The summed E-state index contributed by atoms with van der Waals surface area (Å²) in [4.78, 5) is 51.7. The van der Waals surface area contributed by atoms with E-state index in [9.17, 15) is 29.4 Å². The Labute approximate surface area is 207 Å². The molecule has 0 saturated carbocycles. The number of halogens is 2. The lowest BCUT2D eigenvalue weighted by atomic mass is 9.92. The molecule has 2 unspecified atom stereocenters. The Hall–Kier alpha value is -2.97. The van der Waals surface area contributed by atoms with Crippen molar-refractivity contribution in [2.24, 2.45) is 4.99 Å². The number of benzene rings is 1. The van der Waals surface area contributed by atoms with Gasteiger partial charge in [0, 0.05) is 18.4 Å². The molecule has 0 spiro atoms. The Morgan fingerprint density at radius 3 is 2.44 bits per heavy atom. The minimum Gasteiger partial charge on any atom is -0.508 e. The van der Waals surface area contributed by atoms with Crippen LogP contribution >= 0.6 is 23.2 Å². The smallest absolute Gasteiger partial charge is 0.326 e. The van der Waals surface area contributed by atoms with E-state index in [1.165, 1.54) is 23.8 Å². The summed E-state index contributed by atoms with van der Waals surface area (Å²) in [5.74, 6) is -2.08. The third-order valence-electron chi connectivity index (χ3n) is 5.48. The first-order chi connectivity index (χ1) is 16.2. The van der Waals surface area contributed by atoms with Gasteiger partial charge in [-0.1, -0.05) is 43.0 Å². The van der Waals surface area contributed by atoms with Gasteiger partial charge in [-0.15, -0.1) is 0 Å². The van der Waals surface area contributed by atoms with Gasteiger partial charge in [0.1, 0.15) is 11.8 Å². The molecule has 2 atom stereocenters. The van der Waals surface area contributed by atoms with E-state index in [2.05, 4.69) is 4.99 Å². The fraction of sp³-hybridized carbons (Fsp3) is 0.375. The number of amides is 2. The number of carbonyl (C=O) groups is 4. The average molecular weight is 509 g/mol. The summed E-state index contributed by atoms with van der Waals surface area (Å²) in [6, 6.07) is 3.57. The Bertz CT molecular complexity index is 1020. The molecule has 2 rings (SSSR count). The molecule has 0 aromatic heterocycles. The lowest BCUT2D eigenvalue weighted by Crippen LogP contribution is -2.44. The number of hydrogen-bond acceptors (Lipinski definition) is 6. The summed E-state index contributed by atoms with van der Waals surface area (Å²) in [7, 11) is 0. The molecule has 0 radical (unpaired) electrons. The Kier molecular flexibility index (Phi) is 10.5. The van der Waals surface area contributed by atoms with Gasteiger partial charge in [-0.3, -0.25) is 19.3 Å². The number of hydrogen-bond donors (Lipinski definition) is 2. The van der Waals surface area contributed by atoms with E-state index >= 15 is 0 Å². The summed E-state index contributed by atoms with van der Waals surface area (Å²) in [6.07, 6.45) is 5.36. The topological polar surface area (TPSA) is 124 Å². The third kappa shape index (κ3) is 7.53. The SMILES string of the molecule is CC(CCCCC(C(=O)O)N1C(=O)CCC1=O)c1cc(O)ccc1N=C(/C=C/Cl)/C=C(/Cl)C=O. The van der Waals surface area contributed by atoms with E-state index < -0.39 is 23.8 Å². The van der Waals surface area contributed by atoms with Crippen molar-refractivity contribution in [3.8, 4) is 5.75 Å². The van der Waals surface area contributed by atoms with Crippen LogP contribution in [-0.4, -0.2) is 50.9 Å². The van der Waals surface area contributed by atoms with Crippen LogP contribution in [0.2, 0.25) is 0 Å². The van der Waals surface area contributed by atoms with E-state index in [1.54, 1.807) is 12.1 Å². The molecule has 182 valence electrons. The summed E-state index contributed by atoms with van der Waals surface area (Å²) in [6.45, 7) is 1.95. The number of phenolic OH excluding ortho intramolecular Hbond substituents is 1. The van der Waals surface area contributed by atoms with Crippen LogP contribution in [0, 0.1) is 0 Å². The fourth-order valence-corrected chi connectivity index (χ4v) is 4.02. The zero-order chi connectivity index (χ0) is 25.3. The molecule has 1 aliphatic heterocycles. The van der Waals surface area contributed by atoms with E-state index in [-0.39, 0.29) is 36.0 Å². The second-order valence-corrected chi connectivity index (χ2v) is 8.60. The number of allylic oxidation sites excluding steroid dienone is 3. The number of aliphatic imine (C=N–C) groups is 1. The van der Waals surface area contributed by atoms with Crippen molar-refractivity contribution < 1.29 is 29.4 Å². The fourth-order valence-electron chi connectivity index (χ4n) is 3.78. The Morgan fingerprint density at radius 2 is 1.85 bits per heavy atom. The van der Waals surface area contributed by atoms with Crippen molar-refractivity contribution in [1.29, 1.82) is 0 Å². The van der Waals surface area contributed by atoms with Crippen molar-refractivity contribution in [1.82, 2.24) is 4.90 Å². The van der Waals surface area contributed by atoms with Crippen LogP contribution in [0.15, 0.2) is 45.9 Å². The van der Waals surface area contributed by atoms with Crippen LogP contribution in [0.25, 0.3) is 0 Å². The van der Waals surface area contributed by atoms with E-state index in [4.69, 9.17) is 23.2 Å². The molecule has 1 aromatic rings. The largest absolute Gasteiger partial charge is 0.508 e. The molecule has 1 aliphatic rings. The minimum atomic E-state index is -1.19. The van der Waals surface area contributed by atoms with Crippen LogP contribution in [0.1, 0.15) is 56.9 Å². The van der Waals surface area contributed by atoms with Crippen molar-refractivity contribution in [2.45, 2.75) is 57.4 Å². The number of aldehydes is 1. The highest BCUT2D eigenvalue weighted by Gasteiger charge is 2.38. The highest BCUT2D eigenvalue weighted by Crippen LogP contribution is 2.34. The van der Waals surface area contributed by atoms with Gasteiger partial charge in [-0.05, 0) is 54.7 Å². The highest BCUT2D eigenvalue weighted by molar-refractivity contribution is 6.40.